The van der Waals surface area contributed by atoms with Crippen LogP contribution in [0.2, 0.25) is 5.02 Å². The summed E-state index contributed by atoms with van der Waals surface area (Å²) in [5, 5.41) is 24.3. The van der Waals surface area contributed by atoms with Gasteiger partial charge in [-0.3, -0.25) is 9.59 Å². The number of hydrogen-bond donors (Lipinski definition) is 2. The van der Waals surface area contributed by atoms with Gasteiger partial charge in [0.15, 0.2) is 17.3 Å². The minimum absolute atomic E-state index is 0.00268. The minimum atomic E-state index is -4.62. The fraction of sp³-hybridized carbons (Fsp3) is 0.469. The highest BCUT2D eigenvalue weighted by Gasteiger charge is 2.58. The van der Waals surface area contributed by atoms with Crippen LogP contribution < -0.4 is 9.47 Å². The number of methoxy groups -OCH3 is 2. The van der Waals surface area contributed by atoms with Gasteiger partial charge in [0.05, 0.1) is 55.6 Å². The maximum Gasteiger partial charge on any atom is 0.416 e. The lowest BCUT2D eigenvalue weighted by Crippen LogP contribution is -2.55. The summed E-state index contributed by atoms with van der Waals surface area (Å²) in [5.41, 5.74) is 0.433. The first-order valence-corrected chi connectivity index (χ1v) is 21.7. The Morgan fingerprint density at radius 1 is 0.968 bits per heavy atom. The average Bonchev–Trinajstić information content (AvgIpc) is 4.00. The van der Waals surface area contributed by atoms with Gasteiger partial charge in [-0.05, 0) is 136 Å². The molecule has 1 saturated carbocycles. The molecule has 332 valence electrons. The van der Waals surface area contributed by atoms with Gasteiger partial charge in [0.25, 0.3) is 0 Å². The van der Waals surface area contributed by atoms with Gasteiger partial charge in [-0.1, -0.05) is 48.4 Å². The first-order chi connectivity index (χ1) is 29.5. The van der Waals surface area contributed by atoms with Crippen LogP contribution in [0.3, 0.4) is 0 Å². The van der Waals surface area contributed by atoms with E-state index in [1.807, 2.05) is 25.1 Å². The summed E-state index contributed by atoms with van der Waals surface area (Å²) in [6.45, 7) is 5.05. The summed E-state index contributed by atoms with van der Waals surface area (Å²) in [6, 6.07) is 16.8. The van der Waals surface area contributed by atoms with E-state index in [0.717, 1.165) is 47.7 Å². The van der Waals surface area contributed by atoms with E-state index in [-0.39, 0.29) is 53.0 Å². The number of rotatable bonds is 11. The summed E-state index contributed by atoms with van der Waals surface area (Å²) in [4.78, 5) is 30.9. The number of amides is 1. The van der Waals surface area contributed by atoms with Crippen molar-refractivity contribution in [1.29, 1.82) is 0 Å². The molecular formula is C49H55ClF3NO8. The molecule has 1 aromatic heterocycles. The third-order valence-electron chi connectivity index (χ3n) is 13.4. The van der Waals surface area contributed by atoms with E-state index in [0.29, 0.717) is 80.7 Å². The first kappa shape index (κ1) is 45.4. The number of nitrogens with zero attached hydrogens (tertiary/aromatic N) is 1. The fourth-order valence-corrected chi connectivity index (χ4v) is 9.92. The second-order valence-electron chi connectivity index (χ2n) is 17.4. The van der Waals surface area contributed by atoms with Crippen LogP contribution in [-0.4, -0.2) is 78.5 Å². The quantitative estimate of drug-likeness (QED) is 0.113. The van der Waals surface area contributed by atoms with Gasteiger partial charge in [-0.2, -0.15) is 13.2 Å². The van der Waals surface area contributed by atoms with E-state index in [9.17, 15) is 33.0 Å². The lowest BCUT2D eigenvalue weighted by molar-refractivity contribution is -0.142. The molecule has 3 aliphatic carbocycles. The van der Waals surface area contributed by atoms with Gasteiger partial charge < -0.3 is 33.7 Å². The number of carbonyl (C=O) groups is 2. The molecule has 62 heavy (non-hydrogen) atoms. The number of ether oxygens (including phenoxy) is 3. The van der Waals surface area contributed by atoms with Crippen LogP contribution >= 0.6 is 11.6 Å². The molecule has 1 aliphatic heterocycles. The number of aliphatic hydroxyl groups is 2. The van der Waals surface area contributed by atoms with Gasteiger partial charge in [0.2, 0.25) is 11.7 Å². The number of ketones is 1. The summed E-state index contributed by atoms with van der Waals surface area (Å²) in [6.07, 6.45) is 1.90. The third-order valence-corrected chi connectivity index (χ3v) is 13.7. The van der Waals surface area contributed by atoms with Crippen LogP contribution in [0, 0.1) is 5.41 Å². The van der Waals surface area contributed by atoms with Gasteiger partial charge in [-0.25, -0.2) is 0 Å². The first-order valence-electron chi connectivity index (χ1n) is 21.3. The molecule has 1 amide bonds. The van der Waals surface area contributed by atoms with Crippen molar-refractivity contribution in [3.8, 4) is 22.8 Å². The highest BCUT2D eigenvalue weighted by molar-refractivity contribution is 6.33. The van der Waals surface area contributed by atoms with Crippen LogP contribution in [0.15, 0.2) is 82.8 Å². The number of aliphatic hydroxyl groups excluding tert-OH is 1. The van der Waals surface area contributed by atoms with Crippen molar-refractivity contribution in [2.45, 2.75) is 108 Å². The highest BCUT2D eigenvalue weighted by atomic mass is 35.5. The van der Waals surface area contributed by atoms with Crippen LogP contribution in [0.4, 0.5) is 13.2 Å². The predicted octanol–water partition coefficient (Wildman–Crippen LogP) is 10.2. The molecule has 9 nitrogen and oxygen atoms in total. The van der Waals surface area contributed by atoms with Crippen molar-refractivity contribution in [2.24, 2.45) is 5.41 Å². The van der Waals surface area contributed by atoms with E-state index in [1.54, 1.807) is 37.3 Å². The van der Waals surface area contributed by atoms with Gasteiger partial charge in [0.1, 0.15) is 5.76 Å². The Balaban J connectivity index is 1.26. The van der Waals surface area contributed by atoms with Crippen molar-refractivity contribution in [3.05, 3.63) is 117 Å². The summed E-state index contributed by atoms with van der Waals surface area (Å²) in [5.74, 6) is -0.0505. The summed E-state index contributed by atoms with van der Waals surface area (Å²) in [7, 11) is 3.09. The Morgan fingerprint density at radius 3 is 2.48 bits per heavy atom. The van der Waals surface area contributed by atoms with Crippen LogP contribution in [0.5, 0.6) is 11.5 Å². The largest absolute Gasteiger partial charge is 0.493 e. The summed E-state index contributed by atoms with van der Waals surface area (Å²) >= 11 is 6.36. The molecule has 0 unspecified atom stereocenters. The Kier molecular flexibility index (Phi) is 13.6. The number of alkyl halides is 3. The molecular weight excluding hydrogens is 823 g/mol. The Hall–Kier alpha value is -4.62. The van der Waals surface area contributed by atoms with Crippen molar-refractivity contribution in [2.75, 3.05) is 33.9 Å². The van der Waals surface area contributed by atoms with Crippen LogP contribution in [0.25, 0.3) is 11.3 Å². The molecule has 13 heteroatoms. The van der Waals surface area contributed by atoms with Crippen molar-refractivity contribution < 1.29 is 51.6 Å². The van der Waals surface area contributed by atoms with Crippen LogP contribution in [0.1, 0.15) is 110 Å². The number of furan rings is 1. The number of halogens is 4. The second kappa shape index (κ2) is 18.6. The molecule has 1 saturated heterocycles. The van der Waals surface area contributed by atoms with E-state index in [4.69, 9.17) is 30.2 Å². The molecule has 8 rings (SSSR count). The van der Waals surface area contributed by atoms with Crippen molar-refractivity contribution in [1.82, 2.24) is 4.90 Å². The van der Waals surface area contributed by atoms with Gasteiger partial charge >= 0.3 is 6.18 Å². The normalized spacial score (nSPS) is 24.3. The zero-order valence-corrected chi connectivity index (χ0v) is 36.4. The van der Waals surface area contributed by atoms with E-state index in [1.165, 1.54) is 12.1 Å². The fourth-order valence-electron chi connectivity index (χ4n) is 9.71. The molecule has 2 heterocycles. The van der Waals surface area contributed by atoms with E-state index < -0.39 is 34.6 Å². The zero-order valence-electron chi connectivity index (χ0n) is 35.7. The molecule has 2 bridgehead atoms. The number of hydrogen-bond acceptors (Lipinski definition) is 8. The number of allylic oxidation sites excluding steroid dienone is 2. The summed E-state index contributed by atoms with van der Waals surface area (Å²) < 4.78 is 64.0. The number of benzene rings is 3. The molecule has 4 aliphatic rings. The Bertz CT molecular complexity index is 2300. The standard InChI is InChI=1S/C49H55ClF3NO8/c1-30-7-5-20-47(2)39(19-21-48(47,58)29-54(28-35-8-6-22-61-35)45(56)26-32-11-16-42(59-3)44(25-32)60-4)36-14-10-31(23-34(55)13-9-30)24-37(36)46(57)43-18-17-41(62-43)38-27-33(49(51,52)53)12-15-40(38)50/h7,10-12,14-18,24-25,27,34-35,39,55,58H,5-6,8-9,13,19-23,26,28-29H2,1-4H3/t34-,35+,39-,47-,48+/m0/s1. The molecule has 3 aromatic carbocycles. The van der Waals surface area contributed by atoms with Gasteiger partial charge in [-0.15, -0.1) is 0 Å². The monoisotopic (exact) mass is 877 g/mol. The zero-order chi connectivity index (χ0) is 44.4. The number of carbonyl (C=O) groups excluding carboxylic acids is 2. The molecule has 2 N–H and O–H groups in total. The smallest absolute Gasteiger partial charge is 0.416 e. The lowest BCUT2D eigenvalue weighted by atomic mass is 9.64. The van der Waals surface area contributed by atoms with Crippen molar-refractivity contribution >= 4 is 23.3 Å². The highest BCUT2D eigenvalue weighted by Crippen LogP contribution is 2.59. The van der Waals surface area contributed by atoms with Crippen molar-refractivity contribution in [3.63, 3.8) is 0 Å². The average molecular weight is 878 g/mol. The minimum Gasteiger partial charge on any atom is -0.493 e. The van der Waals surface area contributed by atoms with Gasteiger partial charge in [0, 0.05) is 29.7 Å². The lowest BCUT2D eigenvalue weighted by Gasteiger charge is -2.46. The maximum atomic E-state index is 14.7. The third kappa shape index (κ3) is 9.63. The number of fused-ring (bicyclic) bond motifs is 8. The Morgan fingerprint density at radius 2 is 1.76 bits per heavy atom. The molecule has 0 spiro atoms. The molecule has 5 atom stereocenters. The second-order valence-corrected chi connectivity index (χ2v) is 17.8. The van der Waals surface area contributed by atoms with E-state index >= 15 is 0 Å². The SMILES string of the molecule is COc1ccc(CC(=O)N(C[C@H]2CCCO2)C[C@]2(O)CC[C@H]3c4ccc(cc4C(=O)c4ccc(-c5cc(C(F)(F)F)ccc5Cl)o4)C[C@@H](O)CCC(C)=CCC[C@@]32C)cc1OC. The maximum absolute atomic E-state index is 14.7. The molecule has 2 fully saturated rings. The topological polar surface area (TPSA) is 119 Å². The molecule has 4 aromatic rings. The predicted molar refractivity (Wildman–Crippen MR) is 230 cm³/mol. The van der Waals surface area contributed by atoms with Crippen LogP contribution in [-0.2, 0) is 28.5 Å². The van der Waals surface area contributed by atoms with E-state index in [2.05, 4.69) is 13.0 Å². The molecule has 0 radical (unpaired) electrons. The Labute approximate surface area is 365 Å².